The fraction of sp³-hybridized carbons (Fsp3) is 0.267. The van der Waals surface area contributed by atoms with E-state index in [1.54, 1.807) is 7.11 Å². The van der Waals surface area contributed by atoms with Crippen molar-refractivity contribution < 1.29 is 4.74 Å². The van der Waals surface area contributed by atoms with Crippen LogP contribution in [0.4, 0.5) is 0 Å². The van der Waals surface area contributed by atoms with Gasteiger partial charge in [-0.3, -0.25) is 4.98 Å². The van der Waals surface area contributed by atoms with Crippen molar-refractivity contribution in [1.82, 2.24) is 4.98 Å². The van der Waals surface area contributed by atoms with Crippen LogP contribution >= 0.6 is 0 Å². The average Bonchev–Trinajstić information content (AvgIpc) is 2.38. The van der Waals surface area contributed by atoms with Crippen LogP contribution in [0.2, 0.25) is 19.6 Å². The maximum Gasteiger partial charge on any atom is 0.119 e. The smallest absolute Gasteiger partial charge is 0.119 e. The van der Waals surface area contributed by atoms with E-state index in [0.29, 0.717) is 0 Å². The van der Waals surface area contributed by atoms with Gasteiger partial charge in [-0.15, -0.1) is 0 Å². The summed E-state index contributed by atoms with van der Waals surface area (Å²) >= 11 is 0. The van der Waals surface area contributed by atoms with Crippen molar-refractivity contribution in [2.75, 3.05) is 7.11 Å². The van der Waals surface area contributed by atoms with Crippen molar-refractivity contribution in [3.05, 3.63) is 42.6 Å². The summed E-state index contributed by atoms with van der Waals surface area (Å²) in [6.07, 6.45) is 2.01. The molecule has 2 rings (SSSR count). The van der Waals surface area contributed by atoms with Crippen LogP contribution in [0.15, 0.2) is 42.6 Å². The highest BCUT2D eigenvalue weighted by Gasteiger charge is 2.16. The molecule has 2 nitrogen and oxygen atoms in total. The number of methoxy groups -OCH3 is 1. The molecule has 0 saturated carbocycles. The highest BCUT2D eigenvalue weighted by molar-refractivity contribution is 6.88. The minimum absolute atomic E-state index is 0.864. The van der Waals surface area contributed by atoms with Crippen molar-refractivity contribution in [2.45, 2.75) is 19.6 Å². The SMILES string of the molecule is COc1cccc(-c2ccc([Si](C)(C)C)cn2)c1. The van der Waals surface area contributed by atoms with E-state index in [2.05, 4.69) is 42.8 Å². The van der Waals surface area contributed by atoms with Crippen LogP contribution in [0.5, 0.6) is 5.75 Å². The van der Waals surface area contributed by atoms with E-state index < -0.39 is 8.07 Å². The van der Waals surface area contributed by atoms with Gasteiger partial charge in [0, 0.05) is 11.8 Å². The number of aromatic nitrogens is 1. The van der Waals surface area contributed by atoms with E-state index in [1.165, 1.54) is 5.19 Å². The van der Waals surface area contributed by atoms with E-state index in [9.17, 15) is 0 Å². The van der Waals surface area contributed by atoms with E-state index in [-0.39, 0.29) is 0 Å². The monoisotopic (exact) mass is 257 g/mol. The Hall–Kier alpha value is -1.61. The second kappa shape index (κ2) is 4.94. The van der Waals surface area contributed by atoms with Crippen LogP contribution in [0, 0.1) is 0 Å². The first-order valence-electron chi connectivity index (χ1n) is 6.11. The number of hydrogen-bond donors (Lipinski definition) is 0. The maximum atomic E-state index is 5.23. The van der Waals surface area contributed by atoms with E-state index in [1.807, 2.05) is 24.4 Å². The summed E-state index contributed by atoms with van der Waals surface area (Å²) in [5, 5.41) is 1.38. The van der Waals surface area contributed by atoms with Gasteiger partial charge in [0.05, 0.1) is 20.9 Å². The summed E-state index contributed by atoms with van der Waals surface area (Å²) < 4.78 is 5.23. The lowest BCUT2D eigenvalue weighted by Gasteiger charge is -2.16. The van der Waals surface area contributed by atoms with Crippen LogP contribution in [0.3, 0.4) is 0 Å². The molecule has 0 aliphatic rings. The molecule has 2 aromatic rings. The van der Waals surface area contributed by atoms with Gasteiger partial charge in [0.15, 0.2) is 0 Å². The van der Waals surface area contributed by atoms with Crippen LogP contribution in [0.1, 0.15) is 0 Å². The molecule has 3 heteroatoms. The molecular weight excluding hydrogens is 238 g/mol. The molecular formula is C15H19NOSi. The van der Waals surface area contributed by atoms with Crippen molar-refractivity contribution in [2.24, 2.45) is 0 Å². The number of pyridine rings is 1. The van der Waals surface area contributed by atoms with Gasteiger partial charge in [0.25, 0.3) is 0 Å². The molecule has 1 aromatic carbocycles. The Morgan fingerprint density at radius 3 is 2.39 bits per heavy atom. The molecule has 0 unspecified atom stereocenters. The summed E-state index contributed by atoms with van der Waals surface area (Å²) in [5.74, 6) is 0.864. The lowest BCUT2D eigenvalue weighted by molar-refractivity contribution is 0.415. The molecule has 0 radical (unpaired) electrons. The molecule has 0 N–H and O–H groups in total. The van der Waals surface area contributed by atoms with Gasteiger partial charge in [0.1, 0.15) is 5.75 Å². The average molecular weight is 257 g/mol. The second-order valence-corrected chi connectivity index (χ2v) is 10.5. The third-order valence-corrected chi connectivity index (χ3v) is 5.02. The zero-order valence-electron chi connectivity index (χ0n) is 11.4. The zero-order valence-corrected chi connectivity index (χ0v) is 12.4. The molecule has 0 saturated heterocycles. The standard InChI is InChI=1S/C15H19NOSi/c1-17-13-7-5-6-12(10-13)15-9-8-14(11-16-15)18(2,3)4/h5-11H,1-4H3. The van der Waals surface area contributed by atoms with E-state index in [4.69, 9.17) is 4.74 Å². The third-order valence-electron chi connectivity index (χ3n) is 3.00. The van der Waals surface area contributed by atoms with Gasteiger partial charge < -0.3 is 4.74 Å². The van der Waals surface area contributed by atoms with Crippen molar-refractivity contribution in [3.8, 4) is 17.0 Å². The fourth-order valence-corrected chi connectivity index (χ4v) is 2.83. The number of benzene rings is 1. The predicted octanol–water partition coefficient (Wildman–Crippen LogP) is 3.30. The Morgan fingerprint density at radius 2 is 1.83 bits per heavy atom. The van der Waals surface area contributed by atoms with Gasteiger partial charge in [-0.1, -0.05) is 37.8 Å². The summed E-state index contributed by atoms with van der Waals surface area (Å²) in [4.78, 5) is 4.57. The van der Waals surface area contributed by atoms with Gasteiger partial charge in [-0.2, -0.15) is 0 Å². The highest BCUT2D eigenvalue weighted by atomic mass is 28.3. The molecule has 18 heavy (non-hydrogen) atoms. The minimum Gasteiger partial charge on any atom is -0.497 e. The molecule has 0 aliphatic carbocycles. The first kappa shape index (κ1) is 12.8. The molecule has 94 valence electrons. The summed E-state index contributed by atoms with van der Waals surface area (Å²) in [6, 6.07) is 12.3. The molecule has 1 aromatic heterocycles. The Morgan fingerprint density at radius 1 is 1.06 bits per heavy atom. The van der Waals surface area contributed by atoms with Crippen molar-refractivity contribution >= 4 is 13.3 Å². The second-order valence-electron chi connectivity index (χ2n) is 5.41. The molecule has 0 spiro atoms. The Labute approximate surface area is 110 Å². The summed E-state index contributed by atoms with van der Waals surface area (Å²) in [7, 11) is 0.419. The van der Waals surface area contributed by atoms with Crippen molar-refractivity contribution in [3.63, 3.8) is 0 Å². The lowest BCUT2D eigenvalue weighted by atomic mass is 10.1. The molecule has 1 heterocycles. The number of hydrogen-bond acceptors (Lipinski definition) is 2. The fourth-order valence-electron chi connectivity index (χ4n) is 1.79. The number of rotatable bonds is 3. The van der Waals surface area contributed by atoms with Gasteiger partial charge >= 0.3 is 0 Å². The van der Waals surface area contributed by atoms with Crippen LogP contribution in [-0.4, -0.2) is 20.2 Å². The van der Waals surface area contributed by atoms with E-state index in [0.717, 1.165) is 17.0 Å². The minimum atomic E-state index is -1.26. The lowest BCUT2D eigenvalue weighted by Crippen LogP contribution is -2.37. The molecule has 0 bridgehead atoms. The van der Waals surface area contributed by atoms with Gasteiger partial charge in [-0.05, 0) is 23.4 Å². The Bertz CT molecular complexity index is 529. The Balaban J connectivity index is 2.34. The van der Waals surface area contributed by atoms with Crippen LogP contribution in [-0.2, 0) is 0 Å². The topological polar surface area (TPSA) is 22.1 Å². The predicted molar refractivity (Wildman–Crippen MR) is 79.2 cm³/mol. The van der Waals surface area contributed by atoms with Gasteiger partial charge in [-0.25, -0.2) is 0 Å². The summed E-state index contributed by atoms with van der Waals surface area (Å²) in [6.45, 7) is 6.99. The molecule has 0 aliphatic heterocycles. The normalized spacial score (nSPS) is 11.3. The highest BCUT2D eigenvalue weighted by Crippen LogP contribution is 2.21. The Kier molecular flexibility index (Phi) is 3.52. The van der Waals surface area contributed by atoms with Crippen LogP contribution < -0.4 is 9.92 Å². The quantitative estimate of drug-likeness (QED) is 0.787. The van der Waals surface area contributed by atoms with Gasteiger partial charge in [0.2, 0.25) is 0 Å². The third kappa shape index (κ3) is 2.79. The van der Waals surface area contributed by atoms with E-state index >= 15 is 0 Å². The number of ether oxygens (including phenoxy) is 1. The van der Waals surface area contributed by atoms with Crippen LogP contribution in [0.25, 0.3) is 11.3 Å². The number of nitrogens with zero attached hydrogens (tertiary/aromatic N) is 1. The molecule has 0 amide bonds. The molecule has 0 fully saturated rings. The first-order valence-corrected chi connectivity index (χ1v) is 9.61. The first-order chi connectivity index (χ1) is 8.50. The summed E-state index contributed by atoms with van der Waals surface area (Å²) in [5.41, 5.74) is 2.09. The van der Waals surface area contributed by atoms with Crippen molar-refractivity contribution in [1.29, 1.82) is 0 Å². The largest absolute Gasteiger partial charge is 0.497 e. The molecule has 0 atom stereocenters. The zero-order chi connectivity index (χ0) is 13.2. The maximum absolute atomic E-state index is 5.23.